The number of halogens is 1. The highest BCUT2D eigenvalue weighted by Gasteiger charge is 2.13. The van der Waals surface area contributed by atoms with Crippen LogP contribution in [0, 0.1) is 0 Å². The summed E-state index contributed by atoms with van der Waals surface area (Å²) in [6, 6.07) is 12.9. The van der Waals surface area contributed by atoms with E-state index >= 15 is 0 Å². The zero-order valence-electron chi connectivity index (χ0n) is 12.9. The van der Waals surface area contributed by atoms with Crippen LogP contribution in [0.1, 0.15) is 50.2 Å². The summed E-state index contributed by atoms with van der Waals surface area (Å²) in [5.74, 6) is 0.916. The van der Waals surface area contributed by atoms with Crippen LogP contribution in [0.15, 0.2) is 36.4 Å². The zero-order valence-corrected chi connectivity index (χ0v) is 14.5. The van der Waals surface area contributed by atoms with Gasteiger partial charge in [-0.3, -0.25) is 0 Å². The molecule has 4 heteroatoms. The molecule has 2 unspecified atom stereocenters. The molecule has 2 rings (SSSR count). The summed E-state index contributed by atoms with van der Waals surface area (Å²) in [5.41, 5.74) is 1.25. The fraction of sp³-hybridized carbons (Fsp3) is 0.412. The Bertz CT molecular complexity index is 564. The first-order chi connectivity index (χ1) is 9.95. The second-order valence-corrected chi connectivity index (χ2v) is 7.23. The SMILES string of the molecule is CC(C)Oc1ccc(C(C)NC(C)c2ccc(Cl)s2)cc1. The molecule has 0 amide bonds. The van der Waals surface area contributed by atoms with E-state index in [2.05, 4.69) is 37.4 Å². The topological polar surface area (TPSA) is 21.3 Å². The summed E-state index contributed by atoms with van der Waals surface area (Å²) >= 11 is 7.62. The quantitative estimate of drug-likeness (QED) is 0.747. The minimum Gasteiger partial charge on any atom is -0.491 e. The molecule has 0 aliphatic carbocycles. The van der Waals surface area contributed by atoms with Crippen molar-refractivity contribution < 1.29 is 4.74 Å². The Labute approximate surface area is 136 Å². The van der Waals surface area contributed by atoms with Gasteiger partial charge in [0.1, 0.15) is 5.75 Å². The van der Waals surface area contributed by atoms with Crippen LogP contribution >= 0.6 is 22.9 Å². The van der Waals surface area contributed by atoms with E-state index in [4.69, 9.17) is 16.3 Å². The van der Waals surface area contributed by atoms with E-state index in [1.807, 2.05) is 32.0 Å². The first-order valence-electron chi connectivity index (χ1n) is 7.23. The van der Waals surface area contributed by atoms with Crippen LogP contribution in [0.5, 0.6) is 5.75 Å². The van der Waals surface area contributed by atoms with Crippen LogP contribution in [0.25, 0.3) is 0 Å². The van der Waals surface area contributed by atoms with Gasteiger partial charge in [0.2, 0.25) is 0 Å². The van der Waals surface area contributed by atoms with Crippen molar-refractivity contribution in [1.82, 2.24) is 5.32 Å². The molecule has 0 saturated heterocycles. The van der Waals surface area contributed by atoms with Gasteiger partial charge >= 0.3 is 0 Å². The number of ether oxygens (including phenoxy) is 1. The summed E-state index contributed by atoms with van der Waals surface area (Å²) in [4.78, 5) is 1.26. The average Bonchev–Trinajstić information content (AvgIpc) is 2.85. The number of thiophene rings is 1. The largest absolute Gasteiger partial charge is 0.491 e. The fourth-order valence-corrected chi connectivity index (χ4v) is 3.29. The Morgan fingerprint density at radius 1 is 0.952 bits per heavy atom. The fourth-order valence-electron chi connectivity index (χ4n) is 2.22. The molecule has 21 heavy (non-hydrogen) atoms. The molecule has 0 saturated carbocycles. The van der Waals surface area contributed by atoms with E-state index in [1.165, 1.54) is 10.4 Å². The summed E-state index contributed by atoms with van der Waals surface area (Å²) < 4.78 is 6.50. The third-order valence-electron chi connectivity index (χ3n) is 3.27. The van der Waals surface area contributed by atoms with Gasteiger partial charge in [-0.25, -0.2) is 0 Å². The standard InChI is InChI=1S/C17H22ClNOS/c1-11(2)20-15-7-5-14(6-8-15)12(3)19-13(4)16-9-10-17(18)21-16/h5-13,19H,1-4H3. The Kier molecular flexibility index (Phi) is 5.68. The molecule has 1 aromatic carbocycles. The minimum atomic E-state index is 0.204. The van der Waals surface area contributed by atoms with E-state index < -0.39 is 0 Å². The molecule has 2 nitrogen and oxygen atoms in total. The lowest BCUT2D eigenvalue weighted by atomic mass is 10.1. The summed E-state index contributed by atoms with van der Waals surface area (Å²) in [7, 11) is 0. The van der Waals surface area contributed by atoms with E-state index in [1.54, 1.807) is 11.3 Å². The van der Waals surface area contributed by atoms with Gasteiger partial charge in [-0.15, -0.1) is 11.3 Å². The molecule has 2 atom stereocenters. The van der Waals surface area contributed by atoms with Crippen molar-refractivity contribution in [3.63, 3.8) is 0 Å². The maximum absolute atomic E-state index is 5.99. The lowest BCUT2D eigenvalue weighted by Gasteiger charge is -2.20. The molecule has 1 heterocycles. The predicted molar refractivity (Wildman–Crippen MR) is 91.5 cm³/mol. The second kappa shape index (κ2) is 7.30. The van der Waals surface area contributed by atoms with E-state index in [0.717, 1.165) is 10.1 Å². The third-order valence-corrected chi connectivity index (χ3v) is 4.69. The summed E-state index contributed by atoms with van der Waals surface area (Å²) in [6.07, 6.45) is 0.204. The number of nitrogens with one attached hydrogen (secondary N) is 1. The lowest BCUT2D eigenvalue weighted by Crippen LogP contribution is -2.21. The van der Waals surface area contributed by atoms with E-state index in [9.17, 15) is 0 Å². The van der Waals surface area contributed by atoms with Gasteiger partial charge in [0.15, 0.2) is 0 Å². The highest BCUT2D eigenvalue weighted by molar-refractivity contribution is 7.16. The van der Waals surface area contributed by atoms with Crippen LogP contribution in [0.3, 0.4) is 0 Å². The van der Waals surface area contributed by atoms with Crippen LogP contribution in [0.4, 0.5) is 0 Å². The normalized spacial score (nSPS) is 14.2. The maximum Gasteiger partial charge on any atom is 0.119 e. The van der Waals surface area contributed by atoms with Crippen LogP contribution in [0.2, 0.25) is 4.34 Å². The Balaban J connectivity index is 1.98. The highest BCUT2D eigenvalue weighted by atomic mass is 35.5. The van der Waals surface area contributed by atoms with E-state index in [-0.39, 0.29) is 18.2 Å². The van der Waals surface area contributed by atoms with Crippen molar-refractivity contribution in [2.24, 2.45) is 0 Å². The lowest BCUT2D eigenvalue weighted by molar-refractivity contribution is 0.242. The zero-order chi connectivity index (χ0) is 15.4. The average molecular weight is 324 g/mol. The van der Waals surface area contributed by atoms with Crippen LogP contribution in [-0.4, -0.2) is 6.10 Å². The molecule has 1 N–H and O–H groups in total. The van der Waals surface area contributed by atoms with E-state index in [0.29, 0.717) is 0 Å². The smallest absolute Gasteiger partial charge is 0.119 e. The molecule has 2 aromatic rings. The monoisotopic (exact) mass is 323 g/mol. The number of benzene rings is 1. The number of rotatable bonds is 6. The molecular formula is C17H22ClNOS. The Morgan fingerprint density at radius 2 is 1.62 bits per heavy atom. The molecular weight excluding hydrogens is 302 g/mol. The van der Waals surface area contributed by atoms with Gasteiger partial charge in [0.05, 0.1) is 10.4 Å². The summed E-state index contributed by atoms with van der Waals surface area (Å²) in [6.45, 7) is 8.40. The molecule has 0 spiro atoms. The van der Waals surface area contributed by atoms with Crippen molar-refractivity contribution in [2.45, 2.75) is 45.9 Å². The van der Waals surface area contributed by atoms with Gasteiger partial charge in [-0.2, -0.15) is 0 Å². The maximum atomic E-state index is 5.99. The van der Waals surface area contributed by atoms with Gasteiger partial charge in [0, 0.05) is 17.0 Å². The molecule has 1 aromatic heterocycles. The molecule has 114 valence electrons. The van der Waals surface area contributed by atoms with Crippen molar-refractivity contribution in [1.29, 1.82) is 0 Å². The number of hydrogen-bond acceptors (Lipinski definition) is 3. The van der Waals surface area contributed by atoms with Gasteiger partial charge in [-0.05, 0) is 57.5 Å². The molecule has 0 aliphatic heterocycles. The van der Waals surface area contributed by atoms with Crippen molar-refractivity contribution in [3.05, 3.63) is 51.2 Å². The molecule has 0 bridgehead atoms. The highest BCUT2D eigenvalue weighted by Crippen LogP contribution is 2.28. The number of hydrogen-bond donors (Lipinski definition) is 1. The van der Waals surface area contributed by atoms with Gasteiger partial charge in [-0.1, -0.05) is 23.7 Å². The first kappa shape index (κ1) is 16.3. The molecule has 0 aliphatic rings. The van der Waals surface area contributed by atoms with Gasteiger partial charge < -0.3 is 10.1 Å². The second-order valence-electron chi connectivity index (χ2n) is 5.49. The summed E-state index contributed by atoms with van der Waals surface area (Å²) in [5, 5.41) is 3.60. The minimum absolute atomic E-state index is 0.204. The Morgan fingerprint density at radius 3 is 2.14 bits per heavy atom. The van der Waals surface area contributed by atoms with Crippen LogP contribution < -0.4 is 10.1 Å². The predicted octanol–water partition coefficient (Wildman–Crippen LogP) is 5.60. The Hall–Kier alpha value is -1.03. The molecule has 0 radical (unpaired) electrons. The van der Waals surface area contributed by atoms with Crippen molar-refractivity contribution >= 4 is 22.9 Å². The van der Waals surface area contributed by atoms with Crippen LogP contribution in [-0.2, 0) is 0 Å². The van der Waals surface area contributed by atoms with Gasteiger partial charge in [0.25, 0.3) is 0 Å². The third kappa shape index (κ3) is 4.73. The van der Waals surface area contributed by atoms with Crippen molar-refractivity contribution in [2.75, 3.05) is 0 Å². The first-order valence-corrected chi connectivity index (χ1v) is 8.43. The van der Waals surface area contributed by atoms with Crippen molar-refractivity contribution in [3.8, 4) is 5.75 Å². The molecule has 0 fully saturated rings.